The van der Waals surface area contributed by atoms with Gasteiger partial charge in [0.05, 0.1) is 6.42 Å². The molecule has 0 fully saturated rings. The van der Waals surface area contributed by atoms with Crippen molar-refractivity contribution in [2.75, 3.05) is 26.2 Å². The smallest absolute Gasteiger partial charge is 0.311 e. The molecule has 4 amide bonds. The van der Waals surface area contributed by atoms with Crippen molar-refractivity contribution in [1.29, 1.82) is 0 Å². The van der Waals surface area contributed by atoms with Crippen molar-refractivity contribution >= 4 is 77.4 Å². The molecule has 0 rings (SSSR count). The van der Waals surface area contributed by atoms with Gasteiger partial charge in [-0.15, -0.1) is 0 Å². The summed E-state index contributed by atoms with van der Waals surface area (Å²) in [6.07, 6.45) is -12.6. The second kappa shape index (κ2) is 35.9. The van der Waals surface area contributed by atoms with Crippen molar-refractivity contribution in [2.45, 2.75) is 140 Å². The lowest BCUT2D eigenvalue weighted by atomic mass is 10.1. The first-order valence-corrected chi connectivity index (χ1v) is 21.6. The Balaban J connectivity index is 5.83. The van der Waals surface area contributed by atoms with Crippen molar-refractivity contribution in [3.05, 3.63) is 11.8 Å². The number of ether oxygens (including phenoxy) is 4. The highest BCUT2D eigenvalue weighted by Gasteiger charge is 2.28. The second-order valence-corrected chi connectivity index (χ2v) is 14.7. The van der Waals surface area contributed by atoms with E-state index in [-0.39, 0.29) is 90.4 Å². The van der Waals surface area contributed by atoms with E-state index in [0.29, 0.717) is 0 Å². The molecule has 0 bridgehead atoms. The molecule has 0 aromatic heterocycles. The molecule has 0 saturated carbocycles. The zero-order valence-corrected chi connectivity index (χ0v) is 37.5. The van der Waals surface area contributed by atoms with E-state index >= 15 is 0 Å². The van der Waals surface area contributed by atoms with Crippen molar-refractivity contribution in [1.82, 2.24) is 21.3 Å². The van der Waals surface area contributed by atoms with Crippen LogP contribution in [0.5, 0.6) is 0 Å². The summed E-state index contributed by atoms with van der Waals surface area (Å²) in [4.78, 5) is 156. The molecular weight excluding hydrogens is 932 g/mol. The lowest BCUT2D eigenvalue weighted by Gasteiger charge is -2.19. The molecule has 11 N–H and O–H groups in total. The normalized spacial score (nSPS) is 12.2. The van der Waals surface area contributed by atoms with E-state index in [1.165, 1.54) is 0 Å². The van der Waals surface area contributed by atoms with E-state index in [4.69, 9.17) is 44.5 Å². The van der Waals surface area contributed by atoms with Crippen LogP contribution in [-0.4, -0.2) is 164 Å². The Bertz CT molecular complexity index is 1820. The predicted octanol–water partition coefficient (Wildman–Crippen LogP) is -1.63. The maximum absolute atomic E-state index is 13.3. The number of carboxylic acid groups (broad SMARTS) is 5. The van der Waals surface area contributed by atoms with E-state index in [1.54, 1.807) is 0 Å². The van der Waals surface area contributed by atoms with Crippen LogP contribution >= 0.6 is 0 Å². The van der Waals surface area contributed by atoms with Gasteiger partial charge in [0.2, 0.25) is 0 Å². The van der Waals surface area contributed by atoms with Crippen LogP contribution in [0.3, 0.4) is 0 Å². The molecule has 0 spiro atoms. The third-order valence-corrected chi connectivity index (χ3v) is 8.73. The van der Waals surface area contributed by atoms with Gasteiger partial charge in [0.1, 0.15) is 0 Å². The maximum atomic E-state index is 13.3. The number of nitrogens with one attached hydrogen (secondary N) is 4. The summed E-state index contributed by atoms with van der Waals surface area (Å²) in [5.74, 6) is -15.1. The first kappa shape index (κ1) is 61.8. The number of esters is 4. The third-order valence-electron chi connectivity index (χ3n) is 8.73. The molecule has 3 unspecified atom stereocenters. The van der Waals surface area contributed by atoms with E-state index in [0.717, 1.165) is 6.08 Å². The molecule has 0 saturated heterocycles. The average molecular weight is 993 g/mol. The van der Waals surface area contributed by atoms with Gasteiger partial charge in [0.25, 0.3) is 23.6 Å². The highest BCUT2D eigenvalue weighted by molar-refractivity contribution is 5.94. The SMILES string of the molecule is O=C(O)C/C=C(/OC(=O)CCC(OC(=O)CCCC(=O)OC(CCC(O)O)C(=O)NCCCC(=O)O)C(=O)NCCCC(=O)OC(CCC(=O)O)C(=O)NCCCC(=O)O)C(=O)NCCCC(=O)O. The monoisotopic (exact) mass is 992 g/mol. The summed E-state index contributed by atoms with van der Waals surface area (Å²) >= 11 is 0. The van der Waals surface area contributed by atoms with Crippen molar-refractivity contribution in [2.24, 2.45) is 0 Å². The van der Waals surface area contributed by atoms with Gasteiger partial charge in [-0.3, -0.25) is 62.3 Å². The quantitative estimate of drug-likeness (QED) is 0.00822. The molecule has 69 heavy (non-hydrogen) atoms. The Labute approximate surface area is 393 Å². The van der Waals surface area contributed by atoms with Crippen molar-refractivity contribution in [3.63, 3.8) is 0 Å². The van der Waals surface area contributed by atoms with Gasteiger partial charge in [-0.2, -0.15) is 0 Å². The molecule has 0 aliphatic rings. The van der Waals surface area contributed by atoms with Crippen LogP contribution < -0.4 is 21.3 Å². The van der Waals surface area contributed by atoms with Crippen molar-refractivity contribution < 1.29 is 117 Å². The standard InChI is InChI=1S/C41H60N4O24/c46-28(47)6-2-20-42-38(62)24(12-16-31(52)53)66-34(58)9-1-10-35(59)68-27(15-19-37(61)69-26(14-18-33(56)57)40(64)44-22-4-8-30(50)51)41(65)45-23-5-11-36(60)67-25(13-17-32(54)55)39(63)43-21-3-7-29(48)49/h14,24-25,27,31,52-53H,1-13,15-23H2,(H,42,62)(H,43,63)(H,44,64)(H,45,65)(H,46,47)(H,48,49)(H,50,51)(H,54,55)(H,56,57)/b26-14+. The number of carbonyl (C=O) groups is 13. The molecule has 0 aromatic rings. The van der Waals surface area contributed by atoms with Crippen molar-refractivity contribution in [3.8, 4) is 0 Å². The van der Waals surface area contributed by atoms with E-state index in [9.17, 15) is 72.5 Å². The van der Waals surface area contributed by atoms with E-state index in [2.05, 4.69) is 21.3 Å². The molecule has 28 heteroatoms. The summed E-state index contributed by atoms with van der Waals surface area (Å²) in [5.41, 5.74) is 0. The van der Waals surface area contributed by atoms with Gasteiger partial charge in [0, 0.05) is 96.8 Å². The van der Waals surface area contributed by atoms with Crippen LogP contribution in [0.1, 0.15) is 116 Å². The average Bonchev–Trinajstić information content (AvgIpc) is 3.26. The minimum atomic E-state index is -1.86. The van der Waals surface area contributed by atoms with Crippen LogP contribution in [0.15, 0.2) is 11.8 Å². The molecule has 388 valence electrons. The van der Waals surface area contributed by atoms with Gasteiger partial charge in [-0.05, 0) is 44.6 Å². The van der Waals surface area contributed by atoms with Crippen LogP contribution in [-0.2, 0) is 81.3 Å². The third kappa shape index (κ3) is 33.8. The molecule has 0 aromatic carbocycles. The molecule has 28 nitrogen and oxygen atoms in total. The van der Waals surface area contributed by atoms with Crippen LogP contribution in [0.25, 0.3) is 0 Å². The van der Waals surface area contributed by atoms with Gasteiger partial charge in [-0.25, -0.2) is 0 Å². The van der Waals surface area contributed by atoms with Gasteiger partial charge < -0.3 is 76.0 Å². The minimum Gasteiger partial charge on any atom is -0.481 e. The van der Waals surface area contributed by atoms with Gasteiger partial charge in [0.15, 0.2) is 30.4 Å². The fraction of sp³-hybridized carbons (Fsp3) is 0.634. The zero-order chi connectivity index (χ0) is 52.3. The Morgan fingerprint density at radius 2 is 0.754 bits per heavy atom. The topological polar surface area (TPSA) is 449 Å². The molecular formula is C41H60N4O24. The summed E-state index contributed by atoms with van der Waals surface area (Å²) < 4.78 is 20.5. The Morgan fingerprint density at radius 1 is 0.391 bits per heavy atom. The number of amides is 4. The first-order chi connectivity index (χ1) is 32.5. The number of rotatable bonds is 39. The fourth-order valence-corrected chi connectivity index (χ4v) is 5.32. The van der Waals surface area contributed by atoms with Crippen LogP contribution in [0.4, 0.5) is 0 Å². The number of aliphatic hydroxyl groups excluding tert-OH is 1. The predicted molar refractivity (Wildman–Crippen MR) is 225 cm³/mol. The Morgan fingerprint density at radius 3 is 1.14 bits per heavy atom. The number of carboxylic acids is 5. The summed E-state index contributed by atoms with van der Waals surface area (Å²) in [6, 6.07) is 0. The van der Waals surface area contributed by atoms with E-state index < -0.39 is 159 Å². The number of carbonyl (C=O) groups excluding carboxylic acids is 8. The lowest BCUT2D eigenvalue weighted by Crippen LogP contribution is -2.39. The number of aliphatic hydroxyl groups is 2. The summed E-state index contributed by atoms with van der Waals surface area (Å²) in [5, 5.41) is 72.2. The van der Waals surface area contributed by atoms with Crippen LogP contribution in [0, 0.1) is 0 Å². The Kier molecular flexibility index (Phi) is 32.1. The Hall–Kier alpha value is -7.23. The first-order valence-electron chi connectivity index (χ1n) is 21.6. The molecule has 0 radical (unpaired) electrons. The second-order valence-electron chi connectivity index (χ2n) is 14.7. The molecule has 0 aliphatic carbocycles. The summed E-state index contributed by atoms with van der Waals surface area (Å²) in [6.45, 7) is -0.722. The van der Waals surface area contributed by atoms with Gasteiger partial charge in [-0.1, -0.05) is 0 Å². The zero-order valence-electron chi connectivity index (χ0n) is 37.5. The number of aliphatic carboxylic acids is 5. The maximum Gasteiger partial charge on any atom is 0.311 e. The van der Waals surface area contributed by atoms with E-state index in [1.807, 2.05) is 0 Å². The lowest BCUT2D eigenvalue weighted by molar-refractivity contribution is -0.159. The number of hydrogen-bond acceptors (Lipinski definition) is 19. The summed E-state index contributed by atoms with van der Waals surface area (Å²) in [7, 11) is 0. The fourth-order valence-electron chi connectivity index (χ4n) is 5.32. The van der Waals surface area contributed by atoms with Gasteiger partial charge >= 0.3 is 53.7 Å². The molecule has 0 heterocycles. The molecule has 0 aliphatic heterocycles. The highest BCUT2D eigenvalue weighted by Crippen LogP contribution is 2.13. The van der Waals surface area contributed by atoms with Crippen LogP contribution in [0.2, 0.25) is 0 Å². The highest BCUT2D eigenvalue weighted by atomic mass is 16.6. The largest absolute Gasteiger partial charge is 0.481 e. The minimum absolute atomic E-state index is 0.0291. The number of hydrogen-bond donors (Lipinski definition) is 11. The molecule has 3 atom stereocenters.